The Morgan fingerprint density at radius 3 is 0.704 bits per heavy atom. The van der Waals surface area contributed by atoms with Crippen molar-refractivity contribution in [2.75, 3.05) is 0 Å². The van der Waals surface area contributed by atoms with E-state index >= 15 is 0 Å². The summed E-state index contributed by atoms with van der Waals surface area (Å²) in [6, 6.07) is 0. The molecule has 0 bridgehead atoms. The Bertz CT molecular complexity index is 563. The molecule has 162 valence electrons. The van der Waals surface area contributed by atoms with E-state index in [1.54, 1.807) is 0 Å². The van der Waals surface area contributed by atoms with Gasteiger partial charge in [-0.3, -0.25) is 0 Å². The monoisotopic (exact) mass is 450 g/mol. The normalized spacial score (nSPS) is 28.7. The van der Waals surface area contributed by atoms with Gasteiger partial charge in [0.2, 0.25) is 5.41 Å². The SMILES string of the molecule is FC(F)(F)C1(F)C(F)(F)C(C(F)(F)F)(C(F)(F)F)C1(C(F)(F)F)C(F)(F)F. The Morgan fingerprint density at radius 2 is 0.556 bits per heavy atom. The number of hydrogen-bond donors (Lipinski definition) is 0. The molecule has 18 heteroatoms. The van der Waals surface area contributed by atoms with E-state index in [-0.39, 0.29) is 0 Å². The molecular weight excluding hydrogens is 450 g/mol. The van der Waals surface area contributed by atoms with Gasteiger partial charge in [-0.25, -0.2) is 13.2 Å². The van der Waals surface area contributed by atoms with E-state index < -0.39 is 53.3 Å². The summed E-state index contributed by atoms with van der Waals surface area (Å²) in [6.45, 7) is 0. The minimum Gasteiger partial charge on any atom is -0.226 e. The van der Waals surface area contributed by atoms with Crippen LogP contribution < -0.4 is 0 Å². The van der Waals surface area contributed by atoms with E-state index in [0.29, 0.717) is 0 Å². The second-order valence-electron chi connectivity index (χ2n) is 5.22. The second-order valence-corrected chi connectivity index (χ2v) is 5.22. The molecule has 0 aliphatic heterocycles. The summed E-state index contributed by atoms with van der Waals surface area (Å²) < 4.78 is 231. The Labute approximate surface area is 134 Å². The predicted octanol–water partition coefficient (Wildman–Crippen LogP) is 6.13. The lowest BCUT2D eigenvalue weighted by Crippen LogP contribution is -2.98. The summed E-state index contributed by atoms with van der Waals surface area (Å²) >= 11 is 0. The molecule has 1 aliphatic rings. The van der Waals surface area contributed by atoms with E-state index in [4.69, 9.17) is 0 Å². The highest BCUT2D eigenvalue weighted by Gasteiger charge is 3.19. The summed E-state index contributed by atoms with van der Waals surface area (Å²) in [4.78, 5) is 0. The molecule has 0 aromatic carbocycles. The van der Waals surface area contributed by atoms with E-state index in [0.717, 1.165) is 0 Å². The summed E-state index contributed by atoms with van der Waals surface area (Å²) in [5.74, 6) is -8.29. The fourth-order valence-corrected chi connectivity index (χ4v) is 3.23. The maximum Gasteiger partial charge on any atom is 0.429 e. The van der Waals surface area contributed by atoms with Gasteiger partial charge in [-0.2, -0.15) is 65.9 Å². The highest BCUT2D eigenvalue weighted by atomic mass is 19.4. The lowest BCUT2D eigenvalue weighted by molar-refractivity contribution is -0.628. The molecule has 1 unspecified atom stereocenters. The van der Waals surface area contributed by atoms with Gasteiger partial charge in [0, 0.05) is 0 Å². The molecule has 0 heterocycles. The highest BCUT2D eigenvalue weighted by molar-refractivity contribution is 5.41. The van der Waals surface area contributed by atoms with Gasteiger partial charge in [0.1, 0.15) is 0 Å². The van der Waals surface area contributed by atoms with Crippen LogP contribution in [0.25, 0.3) is 0 Å². The zero-order valence-corrected chi connectivity index (χ0v) is 11.3. The van der Waals surface area contributed by atoms with Gasteiger partial charge in [-0.1, -0.05) is 0 Å². The molecule has 0 radical (unpaired) electrons. The van der Waals surface area contributed by atoms with Gasteiger partial charge in [0.25, 0.3) is 11.1 Å². The van der Waals surface area contributed by atoms with Gasteiger partial charge >= 0.3 is 36.8 Å². The summed E-state index contributed by atoms with van der Waals surface area (Å²) in [5, 5.41) is 0. The second kappa shape index (κ2) is 5.01. The molecule has 1 rings (SSSR count). The van der Waals surface area contributed by atoms with Crippen LogP contribution in [0.5, 0.6) is 0 Å². The molecule has 1 fully saturated rings. The number of hydrogen-bond acceptors (Lipinski definition) is 0. The molecule has 1 aliphatic carbocycles. The summed E-state index contributed by atoms with van der Waals surface area (Å²) in [6.07, 6.45) is -41.8. The average molecular weight is 450 g/mol. The van der Waals surface area contributed by atoms with E-state index in [9.17, 15) is 79.0 Å². The van der Waals surface area contributed by atoms with Crippen LogP contribution in [0, 0.1) is 10.8 Å². The number of rotatable bonds is 0. The zero-order chi connectivity index (χ0) is 22.5. The summed E-state index contributed by atoms with van der Waals surface area (Å²) in [5.41, 5.74) is -25.5. The van der Waals surface area contributed by atoms with Crippen molar-refractivity contribution >= 4 is 0 Å². The molecule has 0 saturated heterocycles. The molecule has 0 aromatic heterocycles. The van der Waals surface area contributed by atoms with Crippen molar-refractivity contribution in [3.05, 3.63) is 0 Å². The van der Waals surface area contributed by atoms with E-state index in [1.165, 1.54) is 0 Å². The first-order chi connectivity index (χ1) is 11.2. The van der Waals surface area contributed by atoms with Crippen molar-refractivity contribution in [2.45, 2.75) is 42.5 Å². The van der Waals surface area contributed by atoms with Crippen LogP contribution in [0.4, 0.5) is 79.0 Å². The third-order valence-electron chi connectivity index (χ3n) is 4.07. The largest absolute Gasteiger partial charge is 0.429 e. The Morgan fingerprint density at radius 1 is 0.333 bits per heavy atom. The van der Waals surface area contributed by atoms with Crippen LogP contribution in [0.3, 0.4) is 0 Å². The van der Waals surface area contributed by atoms with E-state index in [2.05, 4.69) is 0 Å². The first-order valence-corrected chi connectivity index (χ1v) is 5.65. The van der Waals surface area contributed by atoms with Crippen LogP contribution in [-0.4, -0.2) is 42.5 Å². The maximum atomic E-state index is 13.7. The molecule has 0 N–H and O–H groups in total. The van der Waals surface area contributed by atoms with Crippen molar-refractivity contribution < 1.29 is 79.0 Å². The van der Waals surface area contributed by atoms with Crippen molar-refractivity contribution in [3.63, 3.8) is 0 Å². The van der Waals surface area contributed by atoms with Gasteiger partial charge in [-0.15, -0.1) is 0 Å². The highest BCUT2D eigenvalue weighted by Crippen LogP contribution is 2.90. The minimum absolute atomic E-state index is 8.15. The average Bonchev–Trinajstić information content (AvgIpc) is 2.25. The third kappa shape index (κ3) is 2.01. The smallest absolute Gasteiger partial charge is 0.226 e. The van der Waals surface area contributed by atoms with Crippen molar-refractivity contribution in [1.29, 1.82) is 0 Å². The Balaban J connectivity index is 4.47. The fraction of sp³-hybridized carbons (Fsp3) is 1.00. The third-order valence-corrected chi connectivity index (χ3v) is 4.07. The molecule has 0 nitrogen and oxygen atoms in total. The van der Waals surface area contributed by atoms with Crippen LogP contribution in [-0.2, 0) is 0 Å². The van der Waals surface area contributed by atoms with Crippen molar-refractivity contribution in [1.82, 2.24) is 0 Å². The Kier molecular flexibility index (Phi) is 4.41. The molecule has 0 amide bonds. The quantitative estimate of drug-likeness (QED) is 0.390. The fourth-order valence-electron chi connectivity index (χ4n) is 3.23. The van der Waals surface area contributed by atoms with Crippen LogP contribution in [0.1, 0.15) is 0 Å². The molecule has 0 spiro atoms. The van der Waals surface area contributed by atoms with Crippen molar-refractivity contribution in [2.24, 2.45) is 10.8 Å². The van der Waals surface area contributed by atoms with Gasteiger partial charge in [0.05, 0.1) is 0 Å². The van der Waals surface area contributed by atoms with Crippen LogP contribution in [0.2, 0.25) is 0 Å². The summed E-state index contributed by atoms with van der Waals surface area (Å²) in [7, 11) is 0. The van der Waals surface area contributed by atoms with E-state index in [1.807, 2.05) is 0 Å². The van der Waals surface area contributed by atoms with Gasteiger partial charge < -0.3 is 0 Å². The minimum atomic E-state index is -8.64. The molecule has 27 heavy (non-hydrogen) atoms. The lowest BCUT2D eigenvalue weighted by Gasteiger charge is -2.69. The van der Waals surface area contributed by atoms with Gasteiger partial charge in [0.15, 0.2) is 0 Å². The van der Waals surface area contributed by atoms with Crippen molar-refractivity contribution in [3.8, 4) is 0 Å². The number of alkyl halides is 18. The standard InChI is InChI=1S/C9F18/c10-3(9(25,26)27)1(5(13,14)15,6(16,17)18)2(4(3,11)12,7(19,20)21)8(22,23)24. The molecule has 1 saturated carbocycles. The Hall–Kier alpha value is -1.26. The number of halogens is 18. The van der Waals surface area contributed by atoms with Gasteiger partial charge in [-0.05, 0) is 0 Å². The molecular formula is C9F18. The molecule has 0 aromatic rings. The zero-order valence-electron chi connectivity index (χ0n) is 11.3. The van der Waals surface area contributed by atoms with Crippen LogP contribution >= 0.6 is 0 Å². The topological polar surface area (TPSA) is 0 Å². The maximum absolute atomic E-state index is 13.7. The first-order valence-electron chi connectivity index (χ1n) is 5.65. The lowest BCUT2D eigenvalue weighted by atomic mass is 9.37. The predicted molar refractivity (Wildman–Crippen MR) is 43.9 cm³/mol. The first kappa shape index (κ1) is 23.8. The molecule has 1 atom stereocenters. The van der Waals surface area contributed by atoms with Crippen LogP contribution in [0.15, 0.2) is 0 Å².